The van der Waals surface area contributed by atoms with Crippen LogP contribution in [0.1, 0.15) is 475 Å². The van der Waals surface area contributed by atoms with Crippen molar-refractivity contribution in [3.8, 4) is 67.0 Å². The number of hydrogen-bond donors (Lipinski definition) is 0. The van der Waals surface area contributed by atoms with E-state index in [2.05, 4.69) is 265 Å². The number of ether oxygens (including phenoxy) is 2. The van der Waals surface area contributed by atoms with E-state index in [1.807, 2.05) is 32.7 Å². The fraction of sp³-hybridized carbons (Fsp3) is 0.606. The molecule has 145 heavy (non-hydrogen) atoms. The van der Waals surface area contributed by atoms with E-state index in [4.69, 9.17) is 29.4 Å². The monoisotopic (exact) mass is 2270 g/mol. The molecule has 6 heterocycles. The van der Waals surface area contributed by atoms with E-state index in [0.29, 0.717) is 0 Å². The fourth-order valence-electron chi connectivity index (χ4n) is 21.0. The van der Waals surface area contributed by atoms with E-state index in [1.165, 1.54) is 424 Å². The third kappa shape index (κ3) is 41.9. The molecule has 0 amide bonds. The maximum atomic E-state index is 6.18. The Labute approximate surface area is 921 Å². The van der Waals surface area contributed by atoms with Crippen molar-refractivity contribution in [1.82, 2.24) is 19.9 Å². The topological polar surface area (TPSA) is 70.0 Å². The number of thiophene rings is 4. The molecule has 0 saturated heterocycles. The van der Waals surface area contributed by atoms with Gasteiger partial charge < -0.3 is 9.47 Å². The first-order chi connectivity index (χ1) is 70.9. The average Bonchev–Trinajstić information content (AvgIpc) is 1.65. The molecule has 6 aromatic heterocycles. The van der Waals surface area contributed by atoms with E-state index in [1.54, 1.807) is 40.4 Å². The molecular weight excluding hydrogens is 2080 g/mol. The predicted octanol–water partition coefficient (Wildman–Crippen LogP) is 45.9. The summed E-state index contributed by atoms with van der Waals surface area (Å²) in [5, 5.41) is 0. The summed E-state index contributed by atoms with van der Waals surface area (Å²) in [5.41, 5.74) is 23.2. The van der Waals surface area contributed by atoms with Crippen LogP contribution < -0.4 is 12.4 Å². The number of unbranched alkanes of at least 4 members (excludes halogenated alkanes) is 54. The molecule has 0 atom stereocenters. The summed E-state index contributed by atoms with van der Waals surface area (Å²) in [6, 6.07) is 42.7. The fourth-order valence-corrected chi connectivity index (χ4v) is 34.8. The van der Waals surface area contributed by atoms with Gasteiger partial charge in [0, 0.05) is 55.9 Å². The molecule has 796 valence electrons. The van der Waals surface area contributed by atoms with Crippen molar-refractivity contribution < 1.29 is 9.47 Å². The third-order valence-electron chi connectivity index (χ3n) is 30.1. The van der Waals surface area contributed by atoms with Gasteiger partial charge in [0.2, 0.25) is 0 Å². The molecule has 0 radical (unpaired) electrons. The Morgan fingerprint density at radius 3 is 0.800 bits per heavy atom. The van der Waals surface area contributed by atoms with Gasteiger partial charge in [-0.25, -0.2) is 19.9 Å². The van der Waals surface area contributed by atoms with Gasteiger partial charge in [0.25, 0.3) is 0 Å². The van der Waals surface area contributed by atoms with Gasteiger partial charge in [0.15, 0.2) is 0 Å². The van der Waals surface area contributed by atoms with Crippen molar-refractivity contribution in [2.45, 2.75) is 502 Å². The van der Waals surface area contributed by atoms with Gasteiger partial charge >= 0.3 is 207 Å². The summed E-state index contributed by atoms with van der Waals surface area (Å²) in [6.45, 7) is 26.5. The Morgan fingerprint density at radius 2 is 0.490 bits per heavy atom. The van der Waals surface area contributed by atoms with Gasteiger partial charge in [0.05, 0.1) is 47.0 Å². The normalized spacial score (nSPS) is 11.8. The molecule has 0 aliphatic heterocycles. The second-order valence-corrected chi connectivity index (χ2v) is 65.4. The molecule has 0 aliphatic carbocycles. The Hall–Kier alpha value is -5.32. The number of aryl methyl sites for hydroxylation is 9. The minimum absolute atomic E-state index is 0.755. The summed E-state index contributed by atoms with van der Waals surface area (Å²) in [6.07, 6.45) is 88.3. The molecule has 6 nitrogen and oxygen atoms in total. The van der Waals surface area contributed by atoms with Crippen LogP contribution in [-0.2, 0) is 25.7 Å². The van der Waals surface area contributed by atoms with Crippen molar-refractivity contribution in [3.05, 3.63) is 179 Å². The van der Waals surface area contributed by atoms with Crippen molar-refractivity contribution in [2.75, 3.05) is 13.2 Å². The summed E-state index contributed by atoms with van der Waals surface area (Å²) in [7, 11) is 0. The molecule has 6 aromatic carbocycles. The molecule has 0 fully saturated rings. The molecule has 0 spiro atoms. The van der Waals surface area contributed by atoms with Crippen LogP contribution >= 0.6 is 77.2 Å². The SMILES string of the molecule is CCCCCCCCCCCCCCCc1c(C)sc2c(CCCCCCCCCCCCCCC)[c]([Sn]([CH3])([CH3])[CH3])sc12.CCCCCCCCCCCCCCCc1c(C)sc2c(CCCCCCCCCCCCCCC)c(-c3ccc(C)c4nc(-c5ccc(OCCCCCC)cc5)c(-c5ccc(C)cc5)nc34)sc12.CCCCCCOc1ccc(-c2nc3c(Br)ccc(Br)c3nc2-c2ccc(C)cc2)cc1. The number of fused-ring (bicyclic) bond motifs is 4. The Morgan fingerprint density at radius 1 is 0.241 bits per heavy atom. The number of rotatable bonds is 74. The van der Waals surface area contributed by atoms with Crippen molar-refractivity contribution in [3.63, 3.8) is 0 Å². The second-order valence-electron chi connectivity index (χ2n) is 43.9. The van der Waals surface area contributed by atoms with E-state index in [-0.39, 0.29) is 0 Å². The first-order valence-electron chi connectivity index (χ1n) is 59.5. The smallest absolute Gasteiger partial charge is 0.119 e. The molecule has 0 aliphatic rings. The quantitative estimate of drug-likeness (QED) is 0.0279. The third-order valence-corrected chi connectivity index (χ3v) is 46.2. The maximum absolute atomic E-state index is 6.18. The van der Waals surface area contributed by atoms with E-state index in [9.17, 15) is 0 Å². The van der Waals surface area contributed by atoms with Gasteiger partial charge in [-0.15, -0.1) is 22.7 Å². The van der Waals surface area contributed by atoms with Crippen LogP contribution in [0.25, 0.3) is 96.3 Å². The molecule has 12 rings (SSSR count). The number of halogens is 2. The van der Waals surface area contributed by atoms with Gasteiger partial charge in [-0.05, 0) is 175 Å². The number of hydrogen-bond acceptors (Lipinski definition) is 10. The molecule has 0 N–H and O–H groups in total. The summed E-state index contributed by atoms with van der Waals surface area (Å²) >= 11 is 13.7. The minimum Gasteiger partial charge on any atom is -0.494 e. The summed E-state index contributed by atoms with van der Waals surface area (Å²) < 4.78 is 22.4. The maximum Gasteiger partial charge on any atom is 0.119 e. The second kappa shape index (κ2) is 70.8. The van der Waals surface area contributed by atoms with Crippen LogP contribution in [0, 0.1) is 34.6 Å². The first kappa shape index (κ1) is 122. The first-order valence-corrected chi connectivity index (χ1v) is 74.4. The molecule has 0 bridgehead atoms. The van der Waals surface area contributed by atoms with Crippen LogP contribution in [0.15, 0.2) is 130 Å². The van der Waals surface area contributed by atoms with Gasteiger partial charge in [0.1, 0.15) is 22.5 Å². The van der Waals surface area contributed by atoms with E-state index < -0.39 is 18.4 Å². The Bertz CT molecular complexity index is 5540. The molecule has 12 aromatic rings. The number of benzene rings is 6. The van der Waals surface area contributed by atoms with Crippen LogP contribution in [0.5, 0.6) is 11.5 Å². The van der Waals surface area contributed by atoms with E-state index >= 15 is 0 Å². The number of aromatic nitrogens is 4. The largest absolute Gasteiger partial charge is 0.494 e. The van der Waals surface area contributed by atoms with E-state index in [0.717, 1.165) is 120 Å². The van der Waals surface area contributed by atoms with Gasteiger partial charge in [-0.1, -0.05) is 370 Å². The molecule has 13 heteroatoms. The zero-order chi connectivity index (χ0) is 103. The molecule has 0 unspecified atom stereocenters. The van der Waals surface area contributed by atoms with Crippen molar-refractivity contribution in [2.24, 2.45) is 0 Å². The minimum atomic E-state index is -2.12. The van der Waals surface area contributed by atoms with Crippen LogP contribution in [0.4, 0.5) is 0 Å². The summed E-state index contributed by atoms with van der Waals surface area (Å²) in [4.78, 5) is 34.0. The van der Waals surface area contributed by atoms with Crippen LogP contribution in [-0.4, -0.2) is 51.5 Å². The van der Waals surface area contributed by atoms with Crippen molar-refractivity contribution in [1.29, 1.82) is 0 Å². The van der Waals surface area contributed by atoms with Crippen LogP contribution in [0.3, 0.4) is 0 Å². The average molecular weight is 2280 g/mol. The Kier molecular flexibility index (Phi) is 59.3. The molecule has 0 saturated carbocycles. The Balaban J connectivity index is 0.000000244. The zero-order valence-electron chi connectivity index (χ0n) is 93.7. The molecular formula is C132H194Br2N4O2S4Sn. The standard InChI is InChI=1S/C65H94N2OS2.C37H65S2.C27H26Br2N2O.3CH3.Sn/c1-7-10-13-16-18-20-22-24-26-28-30-32-34-37-56-52(6)69-65-58(38-35-33-31-29-27-25-23-21-19-17-14-11-8-2)63(70-64(56)65)57-48-41-51(5)59-62(57)67-61(53-42-39-50(4)40-43-53)60(66-59)54-44-46-55(47-45-54)68-49-36-15-12-9-3;1-4-6-8-10-12-14-16-18-20-22-24-26-28-30-34-32-38-37-35(33(3)39-36(34)37)31-29-27-25-23-21-19-17-15-13-11-9-7-5-2;1-3-4-5-6-17-32-21-13-11-20(12-14-21)25-24(19-9-7-18(2)8-10-19)30-26-22(28)15-16-23(29)27(26)31-25;;;;/h39-48H,7-38,49H2,1-6H3;4-31H2,1-3H3;7-16H,3-6,17H2,1-2H3;3*1H3;. The zero-order valence-corrected chi connectivity index (χ0v) is 103. The summed E-state index contributed by atoms with van der Waals surface area (Å²) in [5.74, 6) is 1.81. The van der Waals surface area contributed by atoms with Crippen molar-refractivity contribution >= 4 is 139 Å². The van der Waals surface area contributed by atoms with Gasteiger partial charge in [-0.3, -0.25) is 0 Å². The van der Waals surface area contributed by atoms with Gasteiger partial charge in [-0.2, -0.15) is 0 Å². The number of nitrogens with zero attached hydrogens (tertiary/aromatic N) is 4. The van der Waals surface area contributed by atoms with Crippen LogP contribution in [0.2, 0.25) is 14.8 Å². The predicted molar refractivity (Wildman–Crippen MR) is 658 cm³/mol.